The maximum absolute atomic E-state index is 11.6. The predicted octanol–water partition coefficient (Wildman–Crippen LogP) is 1.88. The van der Waals surface area contributed by atoms with Crippen LogP contribution in [0.5, 0.6) is 0 Å². The summed E-state index contributed by atoms with van der Waals surface area (Å²) in [5, 5.41) is 8.92. The number of rotatable bonds is 4. The Morgan fingerprint density at radius 3 is 2.31 bits per heavy atom. The zero-order valence-corrected chi connectivity index (χ0v) is 10.2. The number of hydrogen-bond acceptors (Lipinski definition) is 3. The lowest BCUT2D eigenvalue weighted by Crippen LogP contribution is -2.44. The zero-order valence-electron chi connectivity index (χ0n) is 10.2. The summed E-state index contributed by atoms with van der Waals surface area (Å²) in [6, 6.07) is -0.938. The molecule has 5 heteroatoms. The number of carboxylic acids is 1. The molecule has 0 aliphatic heterocycles. The molecule has 0 fully saturated rings. The SMILES string of the molecule is C=CCC(C(=O)O)N(C)C(=O)OC(C)(C)C. The van der Waals surface area contributed by atoms with E-state index in [0.717, 1.165) is 4.90 Å². The molecular formula is C11H19NO4. The maximum Gasteiger partial charge on any atom is 0.410 e. The van der Waals surface area contributed by atoms with Gasteiger partial charge in [-0.15, -0.1) is 6.58 Å². The van der Waals surface area contributed by atoms with E-state index in [1.54, 1.807) is 20.8 Å². The smallest absolute Gasteiger partial charge is 0.410 e. The van der Waals surface area contributed by atoms with E-state index in [1.165, 1.54) is 13.1 Å². The van der Waals surface area contributed by atoms with Gasteiger partial charge in [0, 0.05) is 7.05 Å². The summed E-state index contributed by atoms with van der Waals surface area (Å²) >= 11 is 0. The van der Waals surface area contributed by atoms with Crippen molar-refractivity contribution in [3.63, 3.8) is 0 Å². The maximum atomic E-state index is 11.6. The standard InChI is InChI=1S/C11H19NO4/c1-6-7-8(9(13)14)12(5)10(15)16-11(2,3)4/h6,8H,1,7H2,2-5H3,(H,13,14). The van der Waals surface area contributed by atoms with Crippen molar-refractivity contribution in [1.29, 1.82) is 0 Å². The summed E-state index contributed by atoms with van der Waals surface area (Å²) in [5.74, 6) is -1.08. The largest absolute Gasteiger partial charge is 0.480 e. The minimum atomic E-state index is -1.08. The quantitative estimate of drug-likeness (QED) is 0.747. The summed E-state index contributed by atoms with van der Waals surface area (Å²) in [5.41, 5.74) is -0.636. The van der Waals surface area contributed by atoms with Crippen molar-refractivity contribution in [3.05, 3.63) is 12.7 Å². The van der Waals surface area contributed by atoms with E-state index in [2.05, 4.69) is 6.58 Å². The molecule has 0 spiro atoms. The second-order valence-electron chi connectivity index (χ2n) is 4.47. The van der Waals surface area contributed by atoms with E-state index >= 15 is 0 Å². The molecule has 0 aromatic heterocycles. The monoisotopic (exact) mass is 229 g/mol. The first-order chi connectivity index (χ1) is 7.19. The third-order valence-electron chi connectivity index (χ3n) is 1.82. The van der Waals surface area contributed by atoms with Crippen molar-refractivity contribution in [2.45, 2.75) is 38.8 Å². The van der Waals surface area contributed by atoms with Gasteiger partial charge < -0.3 is 9.84 Å². The molecular weight excluding hydrogens is 210 g/mol. The number of hydrogen-bond donors (Lipinski definition) is 1. The fourth-order valence-electron chi connectivity index (χ4n) is 1.04. The van der Waals surface area contributed by atoms with Crippen molar-refractivity contribution < 1.29 is 19.4 Å². The molecule has 0 heterocycles. The molecule has 0 saturated carbocycles. The van der Waals surface area contributed by atoms with Gasteiger partial charge in [0.05, 0.1) is 0 Å². The molecule has 5 nitrogen and oxygen atoms in total. The van der Waals surface area contributed by atoms with E-state index in [1.807, 2.05) is 0 Å². The van der Waals surface area contributed by atoms with Gasteiger partial charge in [-0.3, -0.25) is 4.90 Å². The summed E-state index contributed by atoms with van der Waals surface area (Å²) in [7, 11) is 1.40. The summed E-state index contributed by atoms with van der Waals surface area (Å²) < 4.78 is 5.07. The summed E-state index contributed by atoms with van der Waals surface area (Å²) in [4.78, 5) is 23.6. The van der Waals surface area contributed by atoms with E-state index in [-0.39, 0.29) is 6.42 Å². The molecule has 0 aromatic rings. The molecule has 0 radical (unpaired) electrons. The Hall–Kier alpha value is -1.52. The van der Waals surface area contributed by atoms with Gasteiger partial charge in [0.1, 0.15) is 11.6 Å². The van der Waals surface area contributed by atoms with Crippen LogP contribution in [0.4, 0.5) is 4.79 Å². The van der Waals surface area contributed by atoms with Crippen LogP contribution >= 0.6 is 0 Å². The van der Waals surface area contributed by atoms with Gasteiger partial charge in [0.15, 0.2) is 0 Å². The van der Waals surface area contributed by atoms with Gasteiger partial charge in [-0.25, -0.2) is 9.59 Å². The highest BCUT2D eigenvalue weighted by atomic mass is 16.6. The Morgan fingerprint density at radius 1 is 1.50 bits per heavy atom. The Morgan fingerprint density at radius 2 is 2.00 bits per heavy atom. The van der Waals surface area contributed by atoms with Crippen LogP contribution < -0.4 is 0 Å². The minimum Gasteiger partial charge on any atom is -0.480 e. The normalized spacial score (nSPS) is 12.8. The van der Waals surface area contributed by atoms with Gasteiger partial charge in [0.25, 0.3) is 0 Å². The molecule has 0 saturated heterocycles. The van der Waals surface area contributed by atoms with Gasteiger partial charge in [-0.05, 0) is 27.2 Å². The molecule has 0 aliphatic rings. The van der Waals surface area contributed by atoms with Crippen LogP contribution in [0.25, 0.3) is 0 Å². The molecule has 92 valence electrons. The van der Waals surface area contributed by atoms with Crippen molar-refractivity contribution in [1.82, 2.24) is 4.90 Å². The van der Waals surface area contributed by atoms with Crippen LogP contribution in [0.1, 0.15) is 27.2 Å². The first-order valence-corrected chi connectivity index (χ1v) is 4.98. The van der Waals surface area contributed by atoms with Crippen molar-refractivity contribution >= 4 is 12.1 Å². The van der Waals surface area contributed by atoms with Gasteiger partial charge >= 0.3 is 12.1 Å². The van der Waals surface area contributed by atoms with E-state index in [4.69, 9.17) is 9.84 Å². The Bertz CT molecular complexity index is 280. The number of nitrogens with zero attached hydrogens (tertiary/aromatic N) is 1. The van der Waals surface area contributed by atoms with Crippen LogP contribution in [0.2, 0.25) is 0 Å². The summed E-state index contributed by atoms with van der Waals surface area (Å²) in [6.07, 6.45) is 0.992. The first-order valence-electron chi connectivity index (χ1n) is 4.98. The fraction of sp³-hybridized carbons (Fsp3) is 0.636. The van der Waals surface area contributed by atoms with Crippen LogP contribution in [0.15, 0.2) is 12.7 Å². The highest BCUT2D eigenvalue weighted by Crippen LogP contribution is 2.12. The molecule has 1 amide bonds. The molecule has 0 bridgehead atoms. The average Bonchev–Trinajstić information content (AvgIpc) is 2.09. The number of ether oxygens (including phenoxy) is 1. The molecule has 1 atom stereocenters. The van der Waals surface area contributed by atoms with E-state index < -0.39 is 23.7 Å². The lowest BCUT2D eigenvalue weighted by molar-refractivity contribution is -0.142. The third kappa shape index (κ3) is 4.82. The Labute approximate surface area is 95.7 Å². The molecule has 1 N–H and O–H groups in total. The lowest BCUT2D eigenvalue weighted by Gasteiger charge is -2.27. The molecule has 0 aliphatic carbocycles. The first kappa shape index (κ1) is 14.5. The van der Waals surface area contributed by atoms with E-state index in [9.17, 15) is 9.59 Å². The highest BCUT2D eigenvalue weighted by molar-refractivity contribution is 5.80. The Kier molecular flexibility index (Phi) is 5.01. The second-order valence-corrected chi connectivity index (χ2v) is 4.47. The second kappa shape index (κ2) is 5.53. The van der Waals surface area contributed by atoms with Gasteiger partial charge in [-0.1, -0.05) is 6.08 Å². The number of carboxylic acid groups (broad SMARTS) is 1. The number of carbonyl (C=O) groups is 2. The minimum absolute atomic E-state index is 0.186. The van der Waals surface area contributed by atoms with E-state index in [0.29, 0.717) is 0 Å². The number of carbonyl (C=O) groups excluding carboxylic acids is 1. The lowest BCUT2D eigenvalue weighted by atomic mass is 10.2. The third-order valence-corrected chi connectivity index (χ3v) is 1.82. The highest BCUT2D eigenvalue weighted by Gasteiger charge is 2.28. The van der Waals surface area contributed by atoms with Gasteiger partial charge in [0.2, 0.25) is 0 Å². The number of amides is 1. The average molecular weight is 229 g/mol. The number of likely N-dealkylation sites (N-methyl/N-ethyl adjacent to an activating group) is 1. The van der Waals surface area contributed by atoms with Crippen molar-refractivity contribution in [3.8, 4) is 0 Å². The molecule has 16 heavy (non-hydrogen) atoms. The molecule has 0 rings (SSSR count). The molecule has 1 unspecified atom stereocenters. The van der Waals surface area contributed by atoms with Crippen LogP contribution in [-0.4, -0.2) is 40.8 Å². The molecule has 0 aromatic carbocycles. The van der Waals surface area contributed by atoms with Crippen LogP contribution in [0.3, 0.4) is 0 Å². The van der Waals surface area contributed by atoms with Crippen LogP contribution in [0, 0.1) is 0 Å². The Balaban J connectivity index is 4.61. The van der Waals surface area contributed by atoms with Crippen LogP contribution in [-0.2, 0) is 9.53 Å². The fourth-order valence-corrected chi connectivity index (χ4v) is 1.04. The zero-order chi connectivity index (χ0) is 12.9. The van der Waals surface area contributed by atoms with Crippen molar-refractivity contribution in [2.75, 3.05) is 7.05 Å². The number of aliphatic carboxylic acids is 1. The topological polar surface area (TPSA) is 66.8 Å². The van der Waals surface area contributed by atoms with Crippen molar-refractivity contribution in [2.24, 2.45) is 0 Å². The van der Waals surface area contributed by atoms with Gasteiger partial charge in [-0.2, -0.15) is 0 Å². The summed E-state index contributed by atoms with van der Waals surface area (Å²) in [6.45, 7) is 8.63. The predicted molar refractivity (Wildman–Crippen MR) is 60.2 cm³/mol.